The van der Waals surface area contributed by atoms with E-state index in [-0.39, 0.29) is 5.82 Å². The van der Waals surface area contributed by atoms with Crippen LogP contribution in [0.3, 0.4) is 0 Å². The van der Waals surface area contributed by atoms with Gasteiger partial charge < -0.3 is 9.73 Å². The van der Waals surface area contributed by atoms with Crippen LogP contribution in [-0.2, 0) is 19.5 Å². The molecule has 0 saturated carbocycles. The normalized spacial score (nSPS) is 10.8. The van der Waals surface area contributed by atoms with Crippen molar-refractivity contribution < 1.29 is 8.81 Å². The fourth-order valence-electron chi connectivity index (χ4n) is 1.56. The Bertz CT molecular complexity index is 527. The van der Waals surface area contributed by atoms with Gasteiger partial charge in [-0.2, -0.15) is 0 Å². The van der Waals surface area contributed by atoms with Gasteiger partial charge in [0.2, 0.25) is 5.89 Å². The molecule has 18 heavy (non-hydrogen) atoms. The van der Waals surface area contributed by atoms with Crippen LogP contribution in [0.5, 0.6) is 0 Å². The van der Waals surface area contributed by atoms with E-state index in [1.54, 1.807) is 18.3 Å². The molecule has 0 unspecified atom stereocenters. The Hall–Kier alpha value is -1.20. The van der Waals surface area contributed by atoms with Crippen molar-refractivity contribution in [2.45, 2.75) is 26.4 Å². The topological polar surface area (TPSA) is 38.1 Å². The quantitative estimate of drug-likeness (QED) is 0.919. The summed E-state index contributed by atoms with van der Waals surface area (Å²) >= 11 is 3.16. The molecule has 0 bridgehead atoms. The van der Waals surface area contributed by atoms with Crippen molar-refractivity contribution in [3.63, 3.8) is 0 Å². The van der Waals surface area contributed by atoms with Crippen LogP contribution in [0.2, 0.25) is 0 Å². The maximum absolute atomic E-state index is 13.0. The van der Waals surface area contributed by atoms with E-state index in [9.17, 15) is 4.39 Å². The highest BCUT2D eigenvalue weighted by molar-refractivity contribution is 9.10. The maximum Gasteiger partial charge on any atom is 0.208 e. The second kappa shape index (κ2) is 6.11. The Labute approximate surface area is 114 Å². The molecule has 2 rings (SSSR count). The van der Waals surface area contributed by atoms with Crippen LogP contribution in [0, 0.1) is 5.82 Å². The van der Waals surface area contributed by atoms with Gasteiger partial charge in [-0.05, 0) is 33.6 Å². The average Bonchev–Trinajstić information content (AvgIpc) is 2.82. The third kappa shape index (κ3) is 3.40. The van der Waals surface area contributed by atoms with Crippen molar-refractivity contribution in [3.05, 3.63) is 51.9 Å². The summed E-state index contributed by atoms with van der Waals surface area (Å²) < 4.78 is 19.0. The predicted octanol–water partition coefficient (Wildman–Crippen LogP) is 3.43. The Morgan fingerprint density at radius 3 is 2.89 bits per heavy atom. The van der Waals surface area contributed by atoms with Crippen LogP contribution >= 0.6 is 15.9 Å². The van der Waals surface area contributed by atoms with E-state index in [4.69, 9.17) is 4.42 Å². The van der Waals surface area contributed by atoms with Crippen molar-refractivity contribution in [2.75, 3.05) is 0 Å². The summed E-state index contributed by atoms with van der Waals surface area (Å²) in [6.45, 7) is 3.23. The molecular formula is C13H14BrFN2O. The average molecular weight is 313 g/mol. The molecule has 1 N–H and O–H groups in total. The van der Waals surface area contributed by atoms with Crippen molar-refractivity contribution in [1.82, 2.24) is 10.3 Å². The van der Waals surface area contributed by atoms with Crippen LogP contribution in [-0.4, -0.2) is 4.98 Å². The highest BCUT2D eigenvalue weighted by Gasteiger charge is 2.03. The fourth-order valence-corrected chi connectivity index (χ4v) is 1.98. The molecule has 0 aliphatic rings. The van der Waals surface area contributed by atoms with Crippen LogP contribution in [0.1, 0.15) is 24.1 Å². The first-order chi connectivity index (χ1) is 8.69. The van der Waals surface area contributed by atoms with Gasteiger partial charge in [-0.25, -0.2) is 9.37 Å². The Kier molecular flexibility index (Phi) is 4.49. The summed E-state index contributed by atoms with van der Waals surface area (Å²) in [5, 5.41) is 3.20. The van der Waals surface area contributed by atoms with Gasteiger partial charge in [-0.1, -0.05) is 13.0 Å². The van der Waals surface area contributed by atoms with Gasteiger partial charge in [0.1, 0.15) is 11.6 Å². The molecule has 0 aliphatic carbocycles. The van der Waals surface area contributed by atoms with Crippen LogP contribution in [0.15, 0.2) is 33.3 Å². The molecule has 1 heterocycles. The second-order valence-corrected chi connectivity index (χ2v) is 4.78. The minimum Gasteiger partial charge on any atom is -0.444 e. The number of nitrogens with zero attached hydrogens (tertiary/aromatic N) is 1. The molecule has 0 saturated heterocycles. The van der Waals surface area contributed by atoms with E-state index < -0.39 is 0 Å². The molecule has 0 amide bonds. The summed E-state index contributed by atoms with van der Waals surface area (Å²) in [5.74, 6) is 1.31. The second-order valence-electron chi connectivity index (χ2n) is 3.93. The standard InChI is InChI=1S/C13H14BrFN2O/c1-2-10-7-17-13(18-10)8-16-6-9-3-4-12(15)11(14)5-9/h3-5,7,16H,2,6,8H2,1H3. The highest BCUT2D eigenvalue weighted by atomic mass is 79.9. The summed E-state index contributed by atoms with van der Waals surface area (Å²) in [6, 6.07) is 4.96. The number of hydrogen-bond donors (Lipinski definition) is 1. The molecule has 5 heteroatoms. The fraction of sp³-hybridized carbons (Fsp3) is 0.308. The summed E-state index contributed by atoms with van der Waals surface area (Å²) in [4.78, 5) is 4.15. The number of oxazole rings is 1. The molecule has 0 aliphatic heterocycles. The van der Waals surface area contributed by atoms with E-state index in [0.29, 0.717) is 23.5 Å². The van der Waals surface area contributed by atoms with E-state index in [2.05, 4.69) is 26.2 Å². The first-order valence-corrected chi connectivity index (χ1v) is 6.56. The Morgan fingerprint density at radius 1 is 1.39 bits per heavy atom. The van der Waals surface area contributed by atoms with Crippen LogP contribution < -0.4 is 5.32 Å². The number of nitrogens with one attached hydrogen (secondary N) is 1. The van der Waals surface area contributed by atoms with Gasteiger partial charge in [0.15, 0.2) is 0 Å². The van der Waals surface area contributed by atoms with Crippen molar-refractivity contribution in [2.24, 2.45) is 0 Å². The molecule has 0 radical (unpaired) electrons. The lowest BCUT2D eigenvalue weighted by Crippen LogP contribution is -2.12. The number of aryl methyl sites for hydroxylation is 1. The Morgan fingerprint density at radius 2 is 2.22 bits per heavy atom. The zero-order chi connectivity index (χ0) is 13.0. The molecule has 1 aromatic heterocycles. The summed E-state index contributed by atoms with van der Waals surface area (Å²) in [5.41, 5.74) is 1.01. The lowest BCUT2D eigenvalue weighted by molar-refractivity contribution is 0.439. The lowest BCUT2D eigenvalue weighted by Gasteiger charge is -2.03. The first kappa shape index (κ1) is 13.2. The number of benzene rings is 1. The first-order valence-electron chi connectivity index (χ1n) is 5.77. The SMILES string of the molecule is CCc1cnc(CNCc2ccc(F)c(Br)c2)o1. The Balaban J connectivity index is 1.86. The van der Waals surface area contributed by atoms with Crippen LogP contribution in [0.4, 0.5) is 4.39 Å². The zero-order valence-electron chi connectivity index (χ0n) is 10.0. The third-order valence-electron chi connectivity index (χ3n) is 2.54. The van der Waals surface area contributed by atoms with E-state index >= 15 is 0 Å². The van der Waals surface area contributed by atoms with Gasteiger partial charge >= 0.3 is 0 Å². The van der Waals surface area contributed by atoms with Gasteiger partial charge in [0, 0.05) is 13.0 Å². The third-order valence-corrected chi connectivity index (χ3v) is 3.15. The molecule has 1 aromatic carbocycles. The number of aromatic nitrogens is 1. The molecule has 0 fully saturated rings. The van der Waals surface area contributed by atoms with E-state index in [1.165, 1.54) is 6.07 Å². The van der Waals surface area contributed by atoms with Gasteiger partial charge in [-0.15, -0.1) is 0 Å². The lowest BCUT2D eigenvalue weighted by atomic mass is 10.2. The molecule has 96 valence electrons. The molecule has 0 spiro atoms. The van der Waals surface area contributed by atoms with Gasteiger partial charge in [0.05, 0.1) is 17.2 Å². The molecule has 0 atom stereocenters. The minimum absolute atomic E-state index is 0.251. The zero-order valence-corrected chi connectivity index (χ0v) is 11.6. The van der Waals surface area contributed by atoms with Crippen molar-refractivity contribution in [1.29, 1.82) is 0 Å². The number of hydrogen-bond acceptors (Lipinski definition) is 3. The number of halogens is 2. The molecule has 2 aromatic rings. The largest absolute Gasteiger partial charge is 0.444 e. The number of rotatable bonds is 5. The summed E-state index contributed by atoms with van der Waals surface area (Å²) in [7, 11) is 0. The van der Waals surface area contributed by atoms with Crippen molar-refractivity contribution in [3.8, 4) is 0 Å². The van der Waals surface area contributed by atoms with E-state index in [1.807, 2.05) is 6.92 Å². The summed E-state index contributed by atoms with van der Waals surface area (Å²) in [6.07, 6.45) is 2.59. The smallest absolute Gasteiger partial charge is 0.208 e. The van der Waals surface area contributed by atoms with Crippen molar-refractivity contribution >= 4 is 15.9 Å². The maximum atomic E-state index is 13.0. The van der Waals surface area contributed by atoms with E-state index in [0.717, 1.165) is 17.7 Å². The monoisotopic (exact) mass is 312 g/mol. The molecule has 3 nitrogen and oxygen atoms in total. The van der Waals surface area contributed by atoms with Gasteiger partial charge in [-0.3, -0.25) is 0 Å². The highest BCUT2D eigenvalue weighted by Crippen LogP contribution is 2.16. The predicted molar refractivity (Wildman–Crippen MR) is 70.5 cm³/mol. The molecular weight excluding hydrogens is 299 g/mol. The van der Waals surface area contributed by atoms with Crippen LogP contribution in [0.25, 0.3) is 0 Å². The minimum atomic E-state index is -0.251. The van der Waals surface area contributed by atoms with Gasteiger partial charge in [0.25, 0.3) is 0 Å².